The average Bonchev–Trinajstić information content (AvgIpc) is 2.97. The summed E-state index contributed by atoms with van der Waals surface area (Å²) < 4.78 is 5.22. The normalized spacial score (nSPS) is 26.2. The molecule has 0 saturated carbocycles. The predicted octanol–water partition coefficient (Wildman–Crippen LogP) is 2.40. The first-order valence-electron chi connectivity index (χ1n) is 8.34. The van der Waals surface area contributed by atoms with Gasteiger partial charge in [-0.3, -0.25) is 4.79 Å². The highest BCUT2D eigenvalue weighted by Crippen LogP contribution is 2.34. The number of piperidine rings is 1. The van der Waals surface area contributed by atoms with Crippen LogP contribution in [0.15, 0.2) is 24.3 Å². The molecule has 1 N–H and O–H groups in total. The van der Waals surface area contributed by atoms with Crippen LogP contribution in [-0.4, -0.2) is 43.6 Å². The number of carbonyl (C=O) groups is 1. The van der Waals surface area contributed by atoms with Crippen molar-refractivity contribution in [2.45, 2.75) is 38.1 Å². The zero-order chi connectivity index (χ0) is 15.5. The minimum Gasteiger partial charge on any atom is -0.497 e. The van der Waals surface area contributed by atoms with Gasteiger partial charge in [0.05, 0.1) is 7.11 Å². The summed E-state index contributed by atoms with van der Waals surface area (Å²) in [6.45, 7) is 4.99. The smallest absolute Gasteiger partial charge is 0.226 e. The molecule has 2 heterocycles. The molecule has 2 saturated heterocycles. The molecule has 0 bridgehead atoms. The highest BCUT2D eigenvalue weighted by atomic mass is 16.5. The Bertz CT molecular complexity index is 508. The van der Waals surface area contributed by atoms with Gasteiger partial charge in [-0.05, 0) is 57.0 Å². The van der Waals surface area contributed by atoms with Crippen LogP contribution in [0.4, 0.5) is 0 Å². The van der Waals surface area contributed by atoms with Crippen molar-refractivity contribution in [2.24, 2.45) is 5.92 Å². The van der Waals surface area contributed by atoms with E-state index in [1.165, 1.54) is 5.56 Å². The van der Waals surface area contributed by atoms with Gasteiger partial charge in [-0.25, -0.2) is 0 Å². The fourth-order valence-electron chi connectivity index (χ4n) is 3.76. The molecule has 1 aromatic rings. The maximum Gasteiger partial charge on any atom is 0.226 e. The molecular formula is C18H26N2O2. The van der Waals surface area contributed by atoms with E-state index in [-0.39, 0.29) is 5.92 Å². The van der Waals surface area contributed by atoms with Crippen molar-refractivity contribution < 1.29 is 9.53 Å². The van der Waals surface area contributed by atoms with Crippen molar-refractivity contribution in [3.05, 3.63) is 29.8 Å². The second-order valence-corrected chi connectivity index (χ2v) is 6.57. The summed E-state index contributed by atoms with van der Waals surface area (Å²) in [4.78, 5) is 14.9. The Morgan fingerprint density at radius 3 is 2.55 bits per heavy atom. The van der Waals surface area contributed by atoms with Gasteiger partial charge in [-0.1, -0.05) is 12.1 Å². The van der Waals surface area contributed by atoms with Gasteiger partial charge in [-0.15, -0.1) is 0 Å². The van der Waals surface area contributed by atoms with E-state index in [0.717, 1.165) is 44.6 Å². The number of hydrogen-bond donors (Lipinski definition) is 1. The van der Waals surface area contributed by atoms with E-state index in [9.17, 15) is 4.79 Å². The molecule has 4 heteroatoms. The summed E-state index contributed by atoms with van der Waals surface area (Å²) in [6, 6.07) is 8.63. The van der Waals surface area contributed by atoms with E-state index in [4.69, 9.17) is 4.74 Å². The molecule has 3 rings (SSSR count). The first kappa shape index (κ1) is 15.3. The molecule has 1 aromatic carbocycles. The van der Waals surface area contributed by atoms with Gasteiger partial charge in [0.15, 0.2) is 0 Å². The van der Waals surface area contributed by atoms with Crippen molar-refractivity contribution in [2.75, 3.05) is 26.7 Å². The fraction of sp³-hybridized carbons (Fsp3) is 0.611. The fourth-order valence-corrected chi connectivity index (χ4v) is 3.76. The average molecular weight is 302 g/mol. The third-order valence-corrected chi connectivity index (χ3v) is 5.13. The highest BCUT2D eigenvalue weighted by molar-refractivity contribution is 5.79. The van der Waals surface area contributed by atoms with Gasteiger partial charge >= 0.3 is 0 Å². The standard InChI is InChI=1S/C18H26N2O2/c1-13-11-16(14-3-5-17(22-2)6-4-14)12-20(13)18(21)15-7-9-19-10-8-15/h3-6,13,15-16,19H,7-12H2,1-2H3/t13-,16-/m0/s1. The van der Waals surface area contributed by atoms with Gasteiger partial charge in [0.1, 0.15) is 5.75 Å². The van der Waals surface area contributed by atoms with Crippen LogP contribution in [0.3, 0.4) is 0 Å². The van der Waals surface area contributed by atoms with Crippen molar-refractivity contribution in [1.29, 1.82) is 0 Å². The Morgan fingerprint density at radius 1 is 1.23 bits per heavy atom. The van der Waals surface area contributed by atoms with E-state index in [1.54, 1.807) is 7.11 Å². The molecule has 2 fully saturated rings. The zero-order valence-corrected chi connectivity index (χ0v) is 13.5. The quantitative estimate of drug-likeness (QED) is 0.932. The monoisotopic (exact) mass is 302 g/mol. The molecule has 2 aliphatic rings. The number of rotatable bonds is 3. The molecular weight excluding hydrogens is 276 g/mol. The molecule has 0 unspecified atom stereocenters. The van der Waals surface area contributed by atoms with Crippen LogP contribution in [0.2, 0.25) is 0 Å². The molecule has 0 aromatic heterocycles. The lowest BCUT2D eigenvalue weighted by atomic mass is 9.96. The molecule has 2 aliphatic heterocycles. The molecule has 0 spiro atoms. The number of nitrogens with zero attached hydrogens (tertiary/aromatic N) is 1. The molecule has 4 nitrogen and oxygen atoms in total. The minimum atomic E-state index is 0.221. The van der Waals surface area contributed by atoms with Crippen LogP contribution >= 0.6 is 0 Å². The number of nitrogens with one attached hydrogen (secondary N) is 1. The summed E-state index contributed by atoms with van der Waals surface area (Å²) in [5.41, 5.74) is 1.31. The molecule has 2 atom stereocenters. The maximum absolute atomic E-state index is 12.8. The van der Waals surface area contributed by atoms with E-state index in [0.29, 0.717) is 17.9 Å². The summed E-state index contributed by atoms with van der Waals surface area (Å²) in [5, 5.41) is 3.33. The second-order valence-electron chi connectivity index (χ2n) is 6.57. The largest absolute Gasteiger partial charge is 0.497 e. The highest BCUT2D eigenvalue weighted by Gasteiger charge is 2.36. The van der Waals surface area contributed by atoms with Gasteiger partial charge in [0.25, 0.3) is 0 Å². The van der Waals surface area contributed by atoms with E-state index in [1.807, 2.05) is 12.1 Å². The topological polar surface area (TPSA) is 41.6 Å². The second kappa shape index (κ2) is 6.69. The number of amides is 1. The van der Waals surface area contributed by atoms with Gasteiger partial charge in [0, 0.05) is 24.4 Å². The number of ether oxygens (including phenoxy) is 1. The van der Waals surface area contributed by atoms with Crippen molar-refractivity contribution in [3.8, 4) is 5.75 Å². The van der Waals surface area contributed by atoms with Crippen molar-refractivity contribution in [3.63, 3.8) is 0 Å². The van der Waals surface area contributed by atoms with Crippen molar-refractivity contribution in [1.82, 2.24) is 10.2 Å². The Labute approximate surface area is 132 Å². The van der Waals surface area contributed by atoms with Crippen LogP contribution in [0.5, 0.6) is 5.75 Å². The lowest BCUT2D eigenvalue weighted by Gasteiger charge is -2.29. The first-order valence-corrected chi connectivity index (χ1v) is 8.34. The van der Waals surface area contributed by atoms with E-state index < -0.39 is 0 Å². The first-order chi connectivity index (χ1) is 10.7. The SMILES string of the molecule is COc1ccc([C@H]2C[C@H](C)N(C(=O)C3CCNCC3)C2)cc1. The van der Waals surface area contributed by atoms with Crippen LogP contribution in [0, 0.1) is 5.92 Å². The molecule has 120 valence electrons. The van der Waals surface area contributed by atoms with Crippen molar-refractivity contribution >= 4 is 5.91 Å². The lowest BCUT2D eigenvalue weighted by Crippen LogP contribution is -2.42. The number of methoxy groups -OCH3 is 1. The molecule has 0 aliphatic carbocycles. The van der Waals surface area contributed by atoms with Gasteiger partial charge in [-0.2, -0.15) is 0 Å². The van der Waals surface area contributed by atoms with Crippen LogP contribution in [0.1, 0.15) is 37.7 Å². The minimum absolute atomic E-state index is 0.221. The Hall–Kier alpha value is -1.55. The lowest BCUT2D eigenvalue weighted by molar-refractivity contribution is -0.136. The number of benzene rings is 1. The Kier molecular flexibility index (Phi) is 4.67. The summed E-state index contributed by atoms with van der Waals surface area (Å²) in [6.07, 6.45) is 3.02. The zero-order valence-electron chi connectivity index (χ0n) is 13.5. The van der Waals surface area contributed by atoms with Crippen LogP contribution < -0.4 is 10.1 Å². The van der Waals surface area contributed by atoms with E-state index in [2.05, 4.69) is 29.3 Å². The summed E-state index contributed by atoms with van der Waals surface area (Å²) in [5.74, 6) is 1.92. The Morgan fingerprint density at radius 2 is 1.91 bits per heavy atom. The van der Waals surface area contributed by atoms with E-state index >= 15 is 0 Å². The molecule has 22 heavy (non-hydrogen) atoms. The third kappa shape index (κ3) is 3.12. The van der Waals surface area contributed by atoms with Crippen LogP contribution in [0.25, 0.3) is 0 Å². The third-order valence-electron chi connectivity index (χ3n) is 5.13. The number of likely N-dealkylation sites (tertiary alicyclic amines) is 1. The maximum atomic E-state index is 12.8. The molecule has 0 radical (unpaired) electrons. The van der Waals surface area contributed by atoms with Gasteiger partial charge in [0.2, 0.25) is 5.91 Å². The number of carbonyl (C=O) groups excluding carboxylic acids is 1. The summed E-state index contributed by atoms with van der Waals surface area (Å²) >= 11 is 0. The van der Waals surface area contributed by atoms with Gasteiger partial charge < -0.3 is 15.0 Å². The van der Waals surface area contributed by atoms with Crippen LogP contribution in [-0.2, 0) is 4.79 Å². The number of hydrogen-bond acceptors (Lipinski definition) is 3. The summed E-state index contributed by atoms with van der Waals surface area (Å²) in [7, 11) is 1.69. The molecule has 1 amide bonds. The predicted molar refractivity (Wildman–Crippen MR) is 87.1 cm³/mol. The Balaban J connectivity index is 1.66.